The van der Waals surface area contributed by atoms with Gasteiger partial charge in [-0.2, -0.15) is 0 Å². The number of hydrogen-bond acceptors (Lipinski definition) is 4. The second-order valence-corrected chi connectivity index (χ2v) is 6.60. The van der Waals surface area contributed by atoms with Crippen LogP contribution < -0.4 is 10.6 Å². The molecule has 0 saturated heterocycles. The summed E-state index contributed by atoms with van der Waals surface area (Å²) < 4.78 is 5.57. The summed E-state index contributed by atoms with van der Waals surface area (Å²) in [5, 5.41) is 6.30. The number of guanidine groups is 1. The Morgan fingerprint density at radius 3 is 2.63 bits per heavy atom. The van der Waals surface area contributed by atoms with Gasteiger partial charge < -0.3 is 20.0 Å². The van der Waals surface area contributed by atoms with E-state index < -0.39 is 0 Å². The Kier molecular flexibility index (Phi) is 7.85. The number of benzene rings is 1. The van der Waals surface area contributed by atoms with Crippen molar-refractivity contribution >= 4 is 11.9 Å². The number of rotatable bonds is 8. The van der Waals surface area contributed by atoms with E-state index in [1.54, 1.807) is 25.3 Å². The SMILES string of the molecule is CCCCNC(=NCc1coc(-c2ccc(C)cc2)n1)NCC(=O)N(C)C. The number of aryl methyl sites for hydroxylation is 1. The summed E-state index contributed by atoms with van der Waals surface area (Å²) in [5.41, 5.74) is 2.87. The van der Waals surface area contributed by atoms with Gasteiger partial charge in [0.15, 0.2) is 5.96 Å². The highest BCUT2D eigenvalue weighted by atomic mass is 16.3. The molecule has 2 N–H and O–H groups in total. The second kappa shape index (κ2) is 10.4. The molecule has 0 saturated carbocycles. The number of oxazole rings is 1. The van der Waals surface area contributed by atoms with Gasteiger partial charge in [-0.25, -0.2) is 9.98 Å². The Balaban J connectivity index is 2.00. The topological polar surface area (TPSA) is 82.8 Å². The number of unbranched alkanes of at least 4 members (excludes halogenated alkanes) is 1. The van der Waals surface area contributed by atoms with Gasteiger partial charge in [0.2, 0.25) is 11.8 Å². The normalized spacial score (nSPS) is 11.3. The van der Waals surface area contributed by atoms with Crippen LogP contribution in [-0.2, 0) is 11.3 Å². The zero-order valence-corrected chi connectivity index (χ0v) is 16.6. The largest absolute Gasteiger partial charge is 0.444 e. The minimum absolute atomic E-state index is 0.0110. The predicted octanol–water partition coefficient (Wildman–Crippen LogP) is 2.57. The Labute approximate surface area is 160 Å². The van der Waals surface area contributed by atoms with Gasteiger partial charge in [0.25, 0.3) is 0 Å². The van der Waals surface area contributed by atoms with Crippen LogP contribution in [0, 0.1) is 6.92 Å². The van der Waals surface area contributed by atoms with Crippen LogP contribution in [0.4, 0.5) is 0 Å². The highest BCUT2D eigenvalue weighted by molar-refractivity contribution is 5.86. The average Bonchev–Trinajstić information content (AvgIpc) is 3.12. The Hall–Kier alpha value is -2.83. The zero-order chi connectivity index (χ0) is 19.6. The van der Waals surface area contributed by atoms with Crippen molar-refractivity contribution in [3.05, 3.63) is 41.8 Å². The molecule has 1 aromatic carbocycles. The molecule has 2 rings (SSSR count). The van der Waals surface area contributed by atoms with Gasteiger partial charge in [-0.1, -0.05) is 31.0 Å². The van der Waals surface area contributed by atoms with E-state index in [-0.39, 0.29) is 12.5 Å². The molecule has 0 atom stereocenters. The lowest BCUT2D eigenvalue weighted by Gasteiger charge is -2.14. The number of carbonyl (C=O) groups excluding carboxylic acids is 1. The molecule has 7 heteroatoms. The quantitative estimate of drug-likeness (QED) is 0.423. The number of nitrogens with one attached hydrogen (secondary N) is 2. The lowest BCUT2D eigenvalue weighted by molar-refractivity contribution is -0.127. The van der Waals surface area contributed by atoms with E-state index in [1.165, 1.54) is 5.56 Å². The first-order valence-electron chi connectivity index (χ1n) is 9.23. The molecular formula is C20H29N5O2. The van der Waals surface area contributed by atoms with Gasteiger partial charge in [0, 0.05) is 26.2 Å². The summed E-state index contributed by atoms with van der Waals surface area (Å²) in [6.45, 7) is 5.53. The summed E-state index contributed by atoms with van der Waals surface area (Å²) in [7, 11) is 3.46. The summed E-state index contributed by atoms with van der Waals surface area (Å²) >= 11 is 0. The average molecular weight is 371 g/mol. The van der Waals surface area contributed by atoms with Crippen LogP contribution in [0.15, 0.2) is 39.9 Å². The van der Waals surface area contributed by atoms with E-state index in [0.29, 0.717) is 18.4 Å². The number of carbonyl (C=O) groups is 1. The van der Waals surface area contributed by atoms with Gasteiger partial charge in [-0.05, 0) is 25.5 Å². The van der Waals surface area contributed by atoms with Crippen molar-refractivity contribution in [2.75, 3.05) is 27.2 Å². The molecule has 7 nitrogen and oxygen atoms in total. The third-order valence-electron chi connectivity index (χ3n) is 3.98. The summed E-state index contributed by atoms with van der Waals surface area (Å²) in [6.07, 6.45) is 3.73. The minimum Gasteiger partial charge on any atom is -0.444 e. The molecule has 0 aliphatic carbocycles. The fraction of sp³-hybridized carbons (Fsp3) is 0.450. The van der Waals surface area contributed by atoms with Crippen molar-refractivity contribution in [3.63, 3.8) is 0 Å². The van der Waals surface area contributed by atoms with Crippen LogP contribution in [-0.4, -0.2) is 48.9 Å². The Morgan fingerprint density at radius 1 is 1.22 bits per heavy atom. The first kappa shape index (κ1) is 20.5. The lowest BCUT2D eigenvalue weighted by atomic mass is 10.1. The molecular weight excluding hydrogens is 342 g/mol. The van der Waals surface area contributed by atoms with E-state index in [9.17, 15) is 4.79 Å². The summed E-state index contributed by atoms with van der Waals surface area (Å²) in [5.74, 6) is 1.16. The zero-order valence-electron chi connectivity index (χ0n) is 16.6. The molecule has 0 fully saturated rings. The fourth-order valence-electron chi connectivity index (χ4n) is 2.24. The van der Waals surface area contributed by atoms with Crippen LogP contribution in [0.1, 0.15) is 31.0 Å². The molecule has 0 unspecified atom stereocenters. The highest BCUT2D eigenvalue weighted by Gasteiger charge is 2.08. The first-order chi connectivity index (χ1) is 13.0. The molecule has 0 aliphatic rings. The van der Waals surface area contributed by atoms with Crippen LogP contribution in [0.2, 0.25) is 0 Å². The van der Waals surface area contributed by atoms with E-state index in [1.807, 2.05) is 31.2 Å². The highest BCUT2D eigenvalue weighted by Crippen LogP contribution is 2.19. The Morgan fingerprint density at radius 2 is 1.96 bits per heavy atom. The third kappa shape index (κ3) is 6.77. The van der Waals surface area contributed by atoms with Crippen molar-refractivity contribution in [3.8, 4) is 11.5 Å². The number of aliphatic imine (C=N–C) groups is 1. The molecule has 1 amide bonds. The van der Waals surface area contributed by atoms with Crippen LogP contribution in [0.25, 0.3) is 11.5 Å². The summed E-state index contributed by atoms with van der Waals surface area (Å²) in [6, 6.07) is 8.03. The molecule has 1 heterocycles. The molecule has 0 radical (unpaired) electrons. The van der Waals surface area contributed by atoms with E-state index in [2.05, 4.69) is 27.5 Å². The maximum Gasteiger partial charge on any atom is 0.241 e. The molecule has 146 valence electrons. The van der Waals surface area contributed by atoms with Crippen LogP contribution in [0.3, 0.4) is 0 Å². The molecule has 2 aromatic rings. The van der Waals surface area contributed by atoms with E-state index in [4.69, 9.17) is 4.42 Å². The van der Waals surface area contributed by atoms with Crippen molar-refractivity contribution in [1.29, 1.82) is 0 Å². The van der Waals surface area contributed by atoms with Gasteiger partial charge in [0.1, 0.15) is 12.0 Å². The number of hydrogen-bond donors (Lipinski definition) is 2. The number of amides is 1. The molecule has 1 aromatic heterocycles. The van der Waals surface area contributed by atoms with Gasteiger partial charge >= 0.3 is 0 Å². The van der Waals surface area contributed by atoms with Gasteiger partial charge in [-0.3, -0.25) is 4.79 Å². The molecule has 0 spiro atoms. The van der Waals surface area contributed by atoms with Crippen LogP contribution in [0.5, 0.6) is 0 Å². The maximum absolute atomic E-state index is 11.8. The monoisotopic (exact) mass is 371 g/mol. The van der Waals surface area contributed by atoms with E-state index >= 15 is 0 Å². The second-order valence-electron chi connectivity index (χ2n) is 6.60. The van der Waals surface area contributed by atoms with E-state index in [0.717, 1.165) is 30.6 Å². The molecule has 27 heavy (non-hydrogen) atoms. The number of nitrogens with zero attached hydrogens (tertiary/aromatic N) is 3. The lowest BCUT2D eigenvalue weighted by Crippen LogP contribution is -2.43. The van der Waals surface area contributed by atoms with Crippen LogP contribution >= 0.6 is 0 Å². The van der Waals surface area contributed by atoms with Crippen molar-refractivity contribution in [2.45, 2.75) is 33.2 Å². The number of aromatic nitrogens is 1. The summed E-state index contributed by atoms with van der Waals surface area (Å²) in [4.78, 5) is 22.3. The fourth-order valence-corrected chi connectivity index (χ4v) is 2.24. The van der Waals surface area contributed by atoms with Crippen molar-refractivity contribution < 1.29 is 9.21 Å². The molecule has 0 aliphatic heterocycles. The van der Waals surface area contributed by atoms with Crippen molar-refractivity contribution in [2.24, 2.45) is 4.99 Å². The van der Waals surface area contributed by atoms with Crippen molar-refractivity contribution in [1.82, 2.24) is 20.5 Å². The minimum atomic E-state index is -0.0110. The third-order valence-corrected chi connectivity index (χ3v) is 3.98. The maximum atomic E-state index is 11.8. The molecule has 0 bridgehead atoms. The standard InChI is InChI=1S/C20H29N5O2/c1-5-6-11-21-20(23-13-18(26)25(3)4)22-12-17-14-27-19(24-17)16-9-7-15(2)8-10-16/h7-10,14H,5-6,11-13H2,1-4H3,(H2,21,22,23). The van der Waals surface area contributed by atoms with Gasteiger partial charge in [-0.15, -0.1) is 0 Å². The number of likely N-dealkylation sites (N-methyl/N-ethyl adjacent to an activating group) is 1. The first-order valence-corrected chi connectivity index (χ1v) is 9.23. The Bertz CT molecular complexity index is 750. The predicted molar refractivity (Wildman–Crippen MR) is 107 cm³/mol. The van der Waals surface area contributed by atoms with Gasteiger partial charge in [0.05, 0.1) is 13.1 Å². The smallest absolute Gasteiger partial charge is 0.241 e.